The second-order valence-corrected chi connectivity index (χ2v) is 7.60. The lowest BCUT2D eigenvalue weighted by atomic mass is 10.0. The molecule has 2 aromatic carbocycles. The van der Waals surface area contributed by atoms with Crippen molar-refractivity contribution in [3.63, 3.8) is 0 Å². The number of nitrogens with one attached hydrogen (secondary N) is 1. The molecule has 3 aromatic heterocycles. The molecule has 0 radical (unpaired) electrons. The number of aromatic nitrogens is 4. The van der Waals surface area contributed by atoms with Crippen LogP contribution < -0.4 is 4.90 Å². The van der Waals surface area contributed by atoms with E-state index >= 15 is 0 Å². The summed E-state index contributed by atoms with van der Waals surface area (Å²) in [6, 6.07) is 9.55. The monoisotopic (exact) mass is 439 g/mol. The first-order chi connectivity index (χ1) is 15.5. The van der Waals surface area contributed by atoms with Gasteiger partial charge in [-0.1, -0.05) is 12.1 Å². The van der Waals surface area contributed by atoms with Gasteiger partial charge in [-0.05, 0) is 24.3 Å². The molecule has 6 rings (SSSR count). The number of hydrogen-bond acceptors (Lipinski definition) is 6. The number of aromatic amines is 1. The Kier molecular flexibility index (Phi) is 4.12. The highest BCUT2D eigenvalue weighted by molar-refractivity contribution is 6.07. The summed E-state index contributed by atoms with van der Waals surface area (Å²) in [7, 11) is 0. The van der Waals surface area contributed by atoms with E-state index in [2.05, 4.69) is 15.2 Å². The molecule has 1 aliphatic heterocycles. The summed E-state index contributed by atoms with van der Waals surface area (Å²) in [5, 5.41) is 7.85. The predicted molar refractivity (Wildman–Crippen MR) is 112 cm³/mol. The number of hydrogen-bond donors (Lipinski definition) is 1. The number of para-hydroxylation sites is 1. The molecule has 10 heteroatoms. The summed E-state index contributed by atoms with van der Waals surface area (Å²) in [4.78, 5) is 11.4. The van der Waals surface area contributed by atoms with Crippen LogP contribution in [0.1, 0.15) is 5.56 Å². The fourth-order valence-corrected chi connectivity index (χ4v) is 4.09. The summed E-state index contributed by atoms with van der Waals surface area (Å²) in [6.45, 7) is 2.23. The van der Waals surface area contributed by atoms with Crippen molar-refractivity contribution in [2.24, 2.45) is 0 Å². The van der Waals surface area contributed by atoms with E-state index in [1.165, 1.54) is 6.20 Å². The van der Waals surface area contributed by atoms with Gasteiger partial charge in [-0.15, -0.1) is 0 Å². The van der Waals surface area contributed by atoms with E-state index in [0.29, 0.717) is 54.2 Å². The second kappa shape index (κ2) is 6.92. The number of nitrogens with zero attached hydrogens (tertiary/aromatic N) is 4. The van der Waals surface area contributed by atoms with Gasteiger partial charge in [0.2, 0.25) is 0 Å². The Morgan fingerprint density at radius 1 is 1.00 bits per heavy atom. The van der Waals surface area contributed by atoms with Gasteiger partial charge in [-0.2, -0.15) is 18.3 Å². The third kappa shape index (κ3) is 2.98. The van der Waals surface area contributed by atoms with Crippen molar-refractivity contribution in [2.75, 3.05) is 31.2 Å². The fraction of sp³-hybridized carbons (Fsp3) is 0.227. The molecule has 0 amide bonds. The van der Waals surface area contributed by atoms with Crippen LogP contribution in [0.5, 0.6) is 0 Å². The summed E-state index contributed by atoms with van der Waals surface area (Å²) in [5.74, 6) is 0.724. The summed E-state index contributed by atoms with van der Waals surface area (Å²) < 4.78 is 52.3. The molecule has 1 aliphatic rings. The Balaban J connectivity index is 1.67. The van der Waals surface area contributed by atoms with Gasteiger partial charge in [-0.3, -0.25) is 5.10 Å². The molecule has 0 unspecified atom stereocenters. The number of furan rings is 1. The Labute approximate surface area is 178 Å². The highest BCUT2D eigenvalue weighted by Crippen LogP contribution is 2.39. The second-order valence-electron chi connectivity index (χ2n) is 7.60. The summed E-state index contributed by atoms with van der Waals surface area (Å²) in [6.07, 6.45) is -3.03. The van der Waals surface area contributed by atoms with Crippen LogP contribution in [-0.2, 0) is 10.9 Å². The van der Waals surface area contributed by atoms with Crippen LogP contribution in [0.25, 0.3) is 44.4 Å². The van der Waals surface area contributed by atoms with Crippen molar-refractivity contribution < 1.29 is 22.3 Å². The first kappa shape index (κ1) is 19.1. The largest absolute Gasteiger partial charge is 0.450 e. The molecular weight excluding hydrogens is 423 g/mol. The number of H-pyrrole nitrogens is 1. The number of anilines is 1. The molecule has 4 heterocycles. The zero-order chi connectivity index (χ0) is 21.9. The van der Waals surface area contributed by atoms with Gasteiger partial charge in [0.25, 0.3) is 0 Å². The maximum absolute atomic E-state index is 13.6. The number of rotatable bonds is 2. The van der Waals surface area contributed by atoms with Crippen molar-refractivity contribution in [3.8, 4) is 11.4 Å². The average Bonchev–Trinajstić information content (AvgIpc) is 3.42. The lowest BCUT2D eigenvalue weighted by Gasteiger charge is -2.27. The highest BCUT2D eigenvalue weighted by Gasteiger charge is 2.32. The van der Waals surface area contributed by atoms with Crippen LogP contribution in [0.3, 0.4) is 0 Å². The smallest absolute Gasteiger partial charge is 0.416 e. The number of morpholine rings is 1. The van der Waals surface area contributed by atoms with Gasteiger partial charge in [-0.25, -0.2) is 9.97 Å². The van der Waals surface area contributed by atoms with Gasteiger partial charge in [0.15, 0.2) is 17.2 Å². The molecule has 7 nitrogen and oxygen atoms in total. The number of fused-ring (bicyclic) bond motifs is 4. The molecule has 5 aromatic rings. The Bertz CT molecular complexity index is 1470. The maximum atomic E-state index is 13.6. The van der Waals surface area contributed by atoms with Gasteiger partial charge < -0.3 is 14.1 Å². The van der Waals surface area contributed by atoms with Crippen LogP contribution in [-0.4, -0.2) is 46.5 Å². The van der Waals surface area contributed by atoms with Gasteiger partial charge in [0.05, 0.1) is 30.5 Å². The van der Waals surface area contributed by atoms with Crippen LogP contribution in [0, 0.1) is 0 Å². The molecule has 162 valence electrons. The van der Waals surface area contributed by atoms with Crippen LogP contribution in [0.4, 0.5) is 19.0 Å². The zero-order valence-electron chi connectivity index (χ0n) is 16.6. The number of halogens is 3. The van der Waals surface area contributed by atoms with E-state index in [1.807, 2.05) is 29.2 Å². The highest BCUT2D eigenvalue weighted by atomic mass is 19.4. The topological polar surface area (TPSA) is 80.1 Å². The molecule has 0 saturated carbocycles. The van der Waals surface area contributed by atoms with Gasteiger partial charge in [0, 0.05) is 29.4 Å². The van der Waals surface area contributed by atoms with E-state index in [0.717, 1.165) is 17.5 Å². The Morgan fingerprint density at radius 3 is 2.62 bits per heavy atom. The molecule has 0 bridgehead atoms. The van der Waals surface area contributed by atoms with Gasteiger partial charge >= 0.3 is 6.18 Å². The standard InChI is InChI=1S/C22H16F3N5O2/c23-22(24,25)12-9-14(15-11-26-29-16(15)10-12)20-27-18-13-3-1-2-4-17(13)32-19(18)21(28-20)30-5-7-31-8-6-30/h1-4,9-11H,5-8H2,(H,26,29). The molecule has 1 N–H and O–H groups in total. The third-order valence-electron chi connectivity index (χ3n) is 5.64. The van der Waals surface area contributed by atoms with Crippen LogP contribution in [0.15, 0.2) is 47.0 Å². The number of alkyl halides is 3. The molecule has 32 heavy (non-hydrogen) atoms. The van der Waals surface area contributed by atoms with E-state index in [4.69, 9.17) is 14.1 Å². The lowest BCUT2D eigenvalue weighted by molar-refractivity contribution is -0.137. The van der Waals surface area contributed by atoms with E-state index < -0.39 is 11.7 Å². The number of ether oxygens (including phenoxy) is 1. The Hall–Kier alpha value is -3.66. The molecule has 0 spiro atoms. The maximum Gasteiger partial charge on any atom is 0.416 e. The minimum absolute atomic E-state index is 0.183. The predicted octanol–water partition coefficient (Wildman–Crippen LogP) is 4.77. The van der Waals surface area contributed by atoms with Crippen molar-refractivity contribution in [2.45, 2.75) is 6.18 Å². The molecular formula is C22H16F3N5O2. The van der Waals surface area contributed by atoms with Crippen molar-refractivity contribution in [1.82, 2.24) is 20.2 Å². The zero-order valence-corrected chi connectivity index (χ0v) is 16.6. The lowest BCUT2D eigenvalue weighted by Crippen LogP contribution is -2.37. The third-order valence-corrected chi connectivity index (χ3v) is 5.64. The molecule has 1 saturated heterocycles. The fourth-order valence-electron chi connectivity index (χ4n) is 4.09. The average molecular weight is 439 g/mol. The summed E-state index contributed by atoms with van der Waals surface area (Å²) >= 11 is 0. The minimum Gasteiger partial charge on any atom is -0.450 e. The molecule has 1 fully saturated rings. The molecule has 0 aliphatic carbocycles. The van der Waals surface area contributed by atoms with E-state index in [-0.39, 0.29) is 16.9 Å². The Morgan fingerprint density at radius 2 is 1.81 bits per heavy atom. The normalized spacial score (nSPS) is 15.3. The van der Waals surface area contributed by atoms with Crippen LogP contribution >= 0.6 is 0 Å². The first-order valence-corrected chi connectivity index (χ1v) is 10.1. The van der Waals surface area contributed by atoms with E-state index in [1.54, 1.807) is 0 Å². The van der Waals surface area contributed by atoms with E-state index in [9.17, 15) is 13.2 Å². The van der Waals surface area contributed by atoms with Crippen molar-refractivity contribution >= 4 is 38.8 Å². The van der Waals surface area contributed by atoms with Gasteiger partial charge in [0.1, 0.15) is 11.1 Å². The van der Waals surface area contributed by atoms with Crippen molar-refractivity contribution in [1.29, 1.82) is 0 Å². The summed E-state index contributed by atoms with van der Waals surface area (Å²) in [5.41, 5.74) is 1.43. The van der Waals surface area contributed by atoms with Crippen LogP contribution in [0.2, 0.25) is 0 Å². The SMILES string of the molecule is FC(F)(F)c1cc(-c2nc(N3CCOCC3)c3oc4ccccc4c3n2)c2cn[nH]c2c1. The first-order valence-electron chi connectivity index (χ1n) is 10.1. The molecule has 0 atom stereocenters. The number of benzene rings is 2. The minimum atomic E-state index is -4.52. The van der Waals surface area contributed by atoms with Crippen molar-refractivity contribution in [3.05, 3.63) is 48.2 Å². The quantitative estimate of drug-likeness (QED) is 0.427.